The topological polar surface area (TPSA) is 68.0 Å². The van der Waals surface area contributed by atoms with Crippen molar-refractivity contribution < 1.29 is 4.79 Å². The van der Waals surface area contributed by atoms with Gasteiger partial charge in [0.2, 0.25) is 5.91 Å². The molecule has 1 fully saturated rings. The lowest BCUT2D eigenvalue weighted by Crippen LogP contribution is -2.39. The number of aryl methyl sites for hydroxylation is 3. The SMILES string of the molecule is CCn1cc(CN2CCCC2C(=O)Nc2ccc(-n3ccnc3C)cc2)c(C)n1. The number of hydrogen-bond acceptors (Lipinski definition) is 4. The van der Waals surface area contributed by atoms with Gasteiger partial charge in [-0.3, -0.25) is 14.4 Å². The molecular weight excluding hydrogens is 364 g/mol. The van der Waals surface area contributed by atoms with E-state index >= 15 is 0 Å². The van der Waals surface area contributed by atoms with Crippen molar-refractivity contribution in [3.05, 3.63) is 59.9 Å². The summed E-state index contributed by atoms with van der Waals surface area (Å²) in [6.45, 7) is 8.66. The second-order valence-electron chi connectivity index (χ2n) is 7.60. The normalized spacial score (nSPS) is 17.0. The van der Waals surface area contributed by atoms with Gasteiger partial charge in [-0.25, -0.2) is 4.98 Å². The maximum atomic E-state index is 12.9. The van der Waals surface area contributed by atoms with E-state index in [-0.39, 0.29) is 11.9 Å². The van der Waals surface area contributed by atoms with E-state index in [0.717, 1.165) is 55.4 Å². The van der Waals surface area contributed by atoms with Crippen LogP contribution in [0.2, 0.25) is 0 Å². The molecule has 0 spiro atoms. The zero-order chi connectivity index (χ0) is 20.4. The summed E-state index contributed by atoms with van der Waals surface area (Å²) >= 11 is 0. The third-order valence-corrected chi connectivity index (χ3v) is 5.65. The highest BCUT2D eigenvalue weighted by Crippen LogP contribution is 2.23. The summed E-state index contributed by atoms with van der Waals surface area (Å²) in [4.78, 5) is 19.5. The lowest BCUT2D eigenvalue weighted by atomic mass is 10.1. The maximum Gasteiger partial charge on any atom is 0.241 e. The molecule has 152 valence electrons. The minimum Gasteiger partial charge on any atom is -0.325 e. The van der Waals surface area contributed by atoms with Gasteiger partial charge in [-0.15, -0.1) is 0 Å². The molecule has 1 amide bonds. The first-order valence-corrected chi connectivity index (χ1v) is 10.2. The third kappa shape index (κ3) is 4.10. The highest BCUT2D eigenvalue weighted by Gasteiger charge is 2.31. The highest BCUT2D eigenvalue weighted by atomic mass is 16.2. The molecule has 1 saturated heterocycles. The average Bonchev–Trinajstić information content (AvgIpc) is 3.43. The number of carbonyl (C=O) groups is 1. The van der Waals surface area contributed by atoms with Crippen molar-refractivity contribution in [2.24, 2.45) is 0 Å². The Kier molecular flexibility index (Phi) is 5.49. The van der Waals surface area contributed by atoms with Crippen LogP contribution in [0, 0.1) is 13.8 Å². The fraction of sp³-hybridized carbons (Fsp3) is 0.409. The van der Waals surface area contributed by atoms with Gasteiger partial charge in [0.05, 0.1) is 11.7 Å². The van der Waals surface area contributed by atoms with Crippen molar-refractivity contribution in [1.29, 1.82) is 0 Å². The number of amides is 1. The van der Waals surface area contributed by atoms with Crippen LogP contribution in [0.4, 0.5) is 5.69 Å². The summed E-state index contributed by atoms with van der Waals surface area (Å²) in [6.07, 6.45) is 7.74. The number of nitrogens with zero attached hydrogens (tertiary/aromatic N) is 5. The molecule has 1 unspecified atom stereocenters. The van der Waals surface area contributed by atoms with Crippen molar-refractivity contribution in [3.63, 3.8) is 0 Å². The maximum absolute atomic E-state index is 12.9. The van der Waals surface area contributed by atoms with E-state index in [4.69, 9.17) is 0 Å². The quantitative estimate of drug-likeness (QED) is 0.699. The molecule has 3 aromatic rings. The zero-order valence-corrected chi connectivity index (χ0v) is 17.3. The van der Waals surface area contributed by atoms with Crippen molar-refractivity contribution in [1.82, 2.24) is 24.2 Å². The van der Waals surface area contributed by atoms with E-state index < -0.39 is 0 Å². The second kappa shape index (κ2) is 8.21. The number of likely N-dealkylation sites (tertiary alicyclic amines) is 1. The Morgan fingerprint density at radius 3 is 2.69 bits per heavy atom. The lowest BCUT2D eigenvalue weighted by Gasteiger charge is -2.23. The smallest absolute Gasteiger partial charge is 0.241 e. The minimum absolute atomic E-state index is 0.0644. The number of imidazole rings is 1. The van der Waals surface area contributed by atoms with E-state index in [1.54, 1.807) is 6.20 Å². The molecule has 1 atom stereocenters. The molecule has 7 heteroatoms. The van der Waals surface area contributed by atoms with Gasteiger partial charge in [-0.05, 0) is 64.4 Å². The molecule has 7 nitrogen and oxygen atoms in total. The van der Waals surface area contributed by atoms with Gasteiger partial charge in [0.15, 0.2) is 0 Å². The molecule has 1 aromatic carbocycles. The molecule has 29 heavy (non-hydrogen) atoms. The Balaban J connectivity index is 1.42. The first kappa shape index (κ1) is 19.4. The van der Waals surface area contributed by atoms with Crippen LogP contribution in [0.25, 0.3) is 5.69 Å². The Labute approximate surface area is 171 Å². The van der Waals surface area contributed by atoms with Crippen molar-refractivity contribution in [2.75, 3.05) is 11.9 Å². The fourth-order valence-electron chi connectivity index (χ4n) is 3.99. The summed E-state index contributed by atoms with van der Waals surface area (Å²) in [5.74, 6) is 1.000. The van der Waals surface area contributed by atoms with Gasteiger partial charge in [0.25, 0.3) is 0 Å². The van der Waals surface area contributed by atoms with Crippen molar-refractivity contribution in [3.8, 4) is 5.69 Å². The zero-order valence-electron chi connectivity index (χ0n) is 17.3. The van der Waals surface area contributed by atoms with Gasteiger partial charge in [0.1, 0.15) is 5.82 Å². The number of rotatable bonds is 6. The molecule has 0 aliphatic carbocycles. The lowest BCUT2D eigenvalue weighted by molar-refractivity contribution is -0.120. The van der Waals surface area contributed by atoms with Gasteiger partial charge < -0.3 is 9.88 Å². The first-order chi connectivity index (χ1) is 14.0. The summed E-state index contributed by atoms with van der Waals surface area (Å²) in [7, 11) is 0. The molecule has 1 aliphatic rings. The Morgan fingerprint density at radius 1 is 1.24 bits per heavy atom. The molecule has 3 heterocycles. The standard InChI is InChI=1S/C22H28N6O/c1-4-27-15-18(16(2)25-27)14-26-12-5-6-21(26)22(29)24-19-7-9-20(10-8-19)28-13-11-23-17(28)3/h7-11,13,15,21H,4-6,12,14H2,1-3H3,(H,24,29). The molecular formula is C22H28N6O. The van der Waals surface area contributed by atoms with Crippen molar-refractivity contribution >= 4 is 11.6 Å². The Morgan fingerprint density at radius 2 is 2.03 bits per heavy atom. The Hall–Kier alpha value is -2.93. The predicted molar refractivity (Wildman–Crippen MR) is 113 cm³/mol. The molecule has 2 aromatic heterocycles. The van der Waals surface area contributed by atoms with Crippen LogP contribution >= 0.6 is 0 Å². The van der Waals surface area contributed by atoms with Crippen LogP contribution in [0.1, 0.15) is 36.8 Å². The summed E-state index contributed by atoms with van der Waals surface area (Å²) in [5, 5.41) is 7.62. The highest BCUT2D eigenvalue weighted by molar-refractivity contribution is 5.95. The van der Waals surface area contributed by atoms with E-state index in [1.807, 2.05) is 53.6 Å². The van der Waals surface area contributed by atoms with Gasteiger partial charge >= 0.3 is 0 Å². The molecule has 0 bridgehead atoms. The summed E-state index contributed by atoms with van der Waals surface area (Å²) < 4.78 is 3.97. The summed E-state index contributed by atoms with van der Waals surface area (Å²) in [5.41, 5.74) is 4.09. The van der Waals surface area contributed by atoms with Crippen LogP contribution in [0.3, 0.4) is 0 Å². The largest absolute Gasteiger partial charge is 0.325 e. The molecule has 0 saturated carbocycles. The average molecular weight is 393 g/mol. The number of carbonyl (C=O) groups excluding carboxylic acids is 1. The van der Waals surface area contributed by atoms with Gasteiger partial charge in [-0.2, -0.15) is 5.10 Å². The third-order valence-electron chi connectivity index (χ3n) is 5.65. The summed E-state index contributed by atoms with van der Waals surface area (Å²) in [6, 6.07) is 7.79. The van der Waals surface area contributed by atoms with Crippen LogP contribution in [-0.2, 0) is 17.9 Å². The molecule has 0 radical (unpaired) electrons. The van der Waals surface area contributed by atoms with Crippen LogP contribution in [0.15, 0.2) is 42.9 Å². The van der Waals surface area contributed by atoms with Gasteiger partial charge in [0, 0.05) is 48.6 Å². The van der Waals surface area contributed by atoms with Crippen molar-refractivity contribution in [2.45, 2.75) is 52.7 Å². The number of anilines is 1. The molecule has 4 rings (SSSR count). The molecule has 1 N–H and O–H groups in total. The van der Waals surface area contributed by atoms with E-state index in [0.29, 0.717) is 0 Å². The van der Waals surface area contributed by atoms with Crippen LogP contribution in [-0.4, -0.2) is 42.7 Å². The van der Waals surface area contributed by atoms with Crippen LogP contribution < -0.4 is 5.32 Å². The van der Waals surface area contributed by atoms with E-state index in [1.165, 1.54) is 5.56 Å². The van der Waals surface area contributed by atoms with E-state index in [2.05, 4.69) is 33.4 Å². The van der Waals surface area contributed by atoms with Crippen LogP contribution in [0.5, 0.6) is 0 Å². The van der Waals surface area contributed by atoms with E-state index in [9.17, 15) is 4.79 Å². The predicted octanol–water partition coefficient (Wildman–Crippen LogP) is 3.31. The first-order valence-electron chi connectivity index (χ1n) is 10.2. The monoisotopic (exact) mass is 392 g/mol. The van der Waals surface area contributed by atoms with Gasteiger partial charge in [-0.1, -0.05) is 0 Å². The minimum atomic E-state index is -0.102. The fourth-order valence-corrected chi connectivity index (χ4v) is 3.99. The number of benzene rings is 1. The number of nitrogens with one attached hydrogen (secondary N) is 1. The molecule has 1 aliphatic heterocycles. The second-order valence-corrected chi connectivity index (χ2v) is 7.60. The Bertz CT molecular complexity index is 987. The number of hydrogen-bond donors (Lipinski definition) is 1. The number of aromatic nitrogens is 4.